The molecule has 3 aromatic rings. The molecule has 27 heavy (non-hydrogen) atoms. The predicted octanol–water partition coefficient (Wildman–Crippen LogP) is 2.46. The van der Waals surface area contributed by atoms with Crippen molar-refractivity contribution in [1.82, 2.24) is 20.6 Å². The van der Waals surface area contributed by atoms with Gasteiger partial charge in [-0.05, 0) is 43.3 Å². The van der Waals surface area contributed by atoms with Crippen LogP contribution >= 0.6 is 0 Å². The molecule has 1 aromatic heterocycles. The Hall–Kier alpha value is -3.14. The molecule has 1 heterocycles. The number of H-pyrrole nitrogens is 1. The van der Waals surface area contributed by atoms with Crippen molar-refractivity contribution >= 4 is 15.7 Å². The van der Waals surface area contributed by atoms with Crippen LogP contribution < -0.4 is 14.2 Å². The van der Waals surface area contributed by atoms with Gasteiger partial charge in [-0.3, -0.25) is 4.72 Å². The number of ether oxygens (including phenoxy) is 2. The Morgan fingerprint density at radius 2 is 1.81 bits per heavy atom. The molecule has 0 aliphatic carbocycles. The minimum absolute atomic E-state index is 0.0689. The van der Waals surface area contributed by atoms with Gasteiger partial charge in [0.15, 0.2) is 11.5 Å². The molecule has 0 amide bonds. The fraction of sp³-hybridized carbons (Fsp3) is 0.235. The number of tetrazole rings is 1. The smallest absolute Gasteiger partial charge is 0.262 e. The van der Waals surface area contributed by atoms with E-state index in [0.29, 0.717) is 41.8 Å². The van der Waals surface area contributed by atoms with Gasteiger partial charge in [-0.25, -0.2) is 8.42 Å². The molecule has 0 bridgehead atoms. The Labute approximate surface area is 156 Å². The van der Waals surface area contributed by atoms with E-state index in [-0.39, 0.29) is 4.90 Å². The molecule has 0 saturated heterocycles. The van der Waals surface area contributed by atoms with Gasteiger partial charge in [-0.15, -0.1) is 10.2 Å². The molecule has 142 valence electrons. The van der Waals surface area contributed by atoms with E-state index >= 15 is 0 Å². The van der Waals surface area contributed by atoms with E-state index in [1.165, 1.54) is 12.1 Å². The minimum atomic E-state index is -3.82. The summed E-state index contributed by atoms with van der Waals surface area (Å²) in [6, 6.07) is 11.2. The van der Waals surface area contributed by atoms with Crippen molar-refractivity contribution in [3.8, 4) is 22.9 Å². The Morgan fingerprint density at radius 1 is 1.04 bits per heavy atom. The monoisotopic (exact) mass is 389 g/mol. The third-order valence-electron chi connectivity index (χ3n) is 3.54. The number of aromatic nitrogens is 4. The second-order valence-corrected chi connectivity index (χ2v) is 7.08. The van der Waals surface area contributed by atoms with Crippen molar-refractivity contribution < 1.29 is 17.9 Å². The fourth-order valence-electron chi connectivity index (χ4n) is 2.42. The maximum absolute atomic E-state index is 12.8. The molecule has 0 aliphatic rings. The van der Waals surface area contributed by atoms with Gasteiger partial charge in [0, 0.05) is 17.3 Å². The summed E-state index contributed by atoms with van der Waals surface area (Å²) in [7, 11) is -3.82. The van der Waals surface area contributed by atoms with Crippen molar-refractivity contribution in [1.29, 1.82) is 0 Å². The zero-order valence-electron chi connectivity index (χ0n) is 14.8. The first-order chi connectivity index (χ1) is 13.0. The van der Waals surface area contributed by atoms with Crippen LogP contribution in [0, 0.1) is 0 Å². The van der Waals surface area contributed by atoms with Crippen LogP contribution in [0.3, 0.4) is 0 Å². The first-order valence-corrected chi connectivity index (χ1v) is 9.78. The standard InChI is InChI=1S/C17H19N5O4S/c1-3-25-15-9-8-14(11-16(15)26-4-2)27(23,24)20-13-7-5-6-12(10-13)17-18-21-22-19-17/h5-11,20H,3-4H2,1-2H3,(H,18,19,21,22). The number of hydrogen-bond donors (Lipinski definition) is 2. The molecule has 3 rings (SSSR count). The van der Waals surface area contributed by atoms with E-state index in [9.17, 15) is 8.42 Å². The zero-order chi connectivity index (χ0) is 19.3. The van der Waals surface area contributed by atoms with E-state index in [4.69, 9.17) is 9.47 Å². The SMILES string of the molecule is CCOc1ccc(S(=O)(=O)Nc2cccc(-c3nn[nH]n3)c2)cc1OCC. The highest BCUT2D eigenvalue weighted by Crippen LogP contribution is 2.31. The summed E-state index contributed by atoms with van der Waals surface area (Å²) in [5, 5.41) is 13.6. The summed E-state index contributed by atoms with van der Waals surface area (Å²) in [6.07, 6.45) is 0. The number of benzene rings is 2. The molecule has 0 fully saturated rings. The molecular weight excluding hydrogens is 370 g/mol. The number of aromatic amines is 1. The van der Waals surface area contributed by atoms with Gasteiger partial charge in [0.2, 0.25) is 5.82 Å². The van der Waals surface area contributed by atoms with Crippen LogP contribution in [0.15, 0.2) is 47.4 Å². The Bertz CT molecular complexity index is 1010. The van der Waals surface area contributed by atoms with Crippen molar-refractivity contribution in [3.05, 3.63) is 42.5 Å². The van der Waals surface area contributed by atoms with Gasteiger partial charge in [-0.1, -0.05) is 12.1 Å². The lowest BCUT2D eigenvalue weighted by Gasteiger charge is -2.13. The average molecular weight is 389 g/mol. The van der Waals surface area contributed by atoms with E-state index in [2.05, 4.69) is 25.3 Å². The Balaban J connectivity index is 1.89. The Kier molecular flexibility index (Phi) is 5.55. The van der Waals surface area contributed by atoms with E-state index in [1.54, 1.807) is 30.3 Å². The quantitative estimate of drug-likeness (QED) is 0.607. The molecule has 0 radical (unpaired) electrons. The first kappa shape index (κ1) is 18.6. The van der Waals surface area contributed by atoms with Gasteiger partial charge in [0.05, 0.1) is 18.1 Å². The number of anilines is 1. The molecule has 0 atom stereocenters. The highest BCUT2D eigenvalue weighted by molar-refractivity contribution is 7.92. The van der Waals surface area contributed by atoms with Crippen molar-refractivity contribution in [3.63, 3.8) is 0 Å². The summed E-state index contributed by atoms with van der Waals surface area (Å²) >= 11 is 0. The molecule has 0 saturated carbocycles. The largest absolute Gasteiger partial charge is 0.490 e. The van der Waals surface area contributed by atoms with E-state index in [1.807, 2.05) is 13.8 Å². The van der Waals surface area contributed by atoms with Gasteiger partial charge >= 0.3 is 0 Å². The number of rotatable bonds is 8. The molecule has 2 N–H and O–H groups in total. The topological polar surface area (TPSA) is 119 Å². The van der Waals surface area contributed by atoms with Crippen LogP contribution in [0.25, 0.3) is 11.4 Å². The number of hydrogen-bond acceptors (Lipinski definition) is 7. The van der Waals surface area contributed by atoms with Crippen molar-refractivity contribution in [2.24, 2.45) is 0 Å². The summed E-state index contributed by atoms with van der Waals surface area (Å²) in [5.74, 6) is 1.25. The number of sulfonamides is 1. The van der Waals surface area contributed by atoms with Gasteiger partial charge in [0.25, 0.3) is 10.0 Å². The second kappa shape index (κ2) is 8.04. The third-order valence-corrected chi connectivity index (χ3v) is 4.92. The third kappa shape index (κ3) is 4.34. The maximum atomic E-state index is 12.8. The van der Waals surface area contributed by atoms with Crippen molar-refractivity contribution in [2.75, 3.05) is 17.9 Å². The van der Waals surface area contributed by atoms with Gasteiger partial charge in [-0.2, -0.15) is 5.21 Å². The van der Waals surface area contributed by atoms with Crippen LogP contribution in [-0.4, -0.2) is 42.3 Å². The fourth-order valence-corrected chi connectivity index (χ4v) is 3.48. The highest BCUT2D eigenvalue weighted by Gasteiger charge is 2.18. The molecular formula is C17H19N5O4S. The number of nitrogens with zero attached hydrogens (tertiary/aromatic N) is 3. The lowest BCUT2D eigenvalue weighted by Crippen LogP contribution is -2.13. The normalized spacial score (nSPS) is 11.2. The van der Waals surface area contributed by atoms with Crippen LogP contribution in [0.2, 0.25) is 0 Å². The summed E-state index contributed by atoms with van der Waals surface area (Å²) in [6.45, 7) is 4.51. The minimum Gasteiger partial charge on any atom is -0.490 e. The summed E-state index contributed by atoms with van der Waals surface area (Å²) in [4.78, 5) is 0.0689. The van der Waals surface area contributed by atoms with Crippen LogP contribution in [0.4, 0.5) is 5.69 Å². The van der Waals surface area contributed by atoms with Crippen LogP contribution in [-0.2, 0) is 10.0 Å². The van der Waals surface area contributed by atoms with E-state index < -0.39 is 10.0 Å². The van der Waals surface area contributed by atoms with Gasteiger partial charge in [0.1, 0.15) is 0 Å². The lowest BCUT2D eigenvalue weighted by atomic mass is 10.2. The zero-order valence-corrected chi connectivity index (χ0v) is 15.7. The molecule has 2 aromatic carbocycles. The van der Waals surface area contributed by atoms with Crippen molar-refractivity contribution in [2.45, 2.75) is 18.7 Å². The number of nitrogens with one attached hydrogen (secondary N) is 2. The summed E-state index contributed by atoms with van der Waals surface area (Å²) in [5.41, 5.74) is 1.01. The first-order valence-electron chi connectivity index (χ1n) is 8.30. The molecule has 0 unspecified atom stereocenters. The Morgan fingerprint density at radius 3 is 2.52 bits per heavy atom. The molecule has 10 heteroatoms. The van der Waals surface area contributed by atoms with Crippen LogP contribution in [0.1, 0.15) is 13.8 Å². The molecule has 9 nitrogen and oxygen atoms in total. The average Bonchev–Trinajstić information content (AvgIpc) is 3.18. The lowest BCUT2D eigenvalue weighted by molar-refractivity contribution is 0.287. The molecule has 0 aliphatic heterocycles. The maximum Gasteiger partial charge on any atom is 0.262 e. The summed E-state index contributed by atoms with van der Waals surface area (Å²) < 4.78 is 39.1. The molecule has 0 spiro atoms. The van der Waals surface area contributed by atoms with Crippen LogP contribution in [0.5, 0.6) is 11.5 Å². The second-order valence-electron chi connectivity index (χ2n) is 5.40. The van der Waals surface area contributed by atoms with E-state index in [0.717, 1.165) is 0 Å². The predicted molar refractivity (Wildman–Crippen MR) is 99.2 cm³/mol. The van der Waals surface area contributed by atoms with Gasteiger partial charge < -0.3 is 9.47 Å². The highest BCUT2D eigenvalue weighted by atomic mass is 32.2.